The van der Waals surface area contributed by atoms with Gasteiger partial charge in [0, 0.05) is 19.6 Å². The first-order chi connectivity index (χ1) is 7.81. The van der Waals surface area contributed by atoms with Crippen LogP contribution in [0.4, 0.5) is 10.1 Å². The second-order valence-corrected chi connectivity index (χ2v) is 3.77. The van der Waals surface area contributed by atoms with Gasteiger partial charge in [0.2, 0.25) is 5.95 Å². The van der Waals surface area contributed by atoms with Crippen LogP contribution >= 0.6 is 0 Å². The summed E-state index contributed by atoms with van der Waals surface area (Å²) in [5.41, 5.74) is 1.13. The second kappa shape index (κ2) is 4.95. The number of nitrogens with one attached hydrogen (secondary N) is 1. The Bertz CT molecular complexity index is 403. The van der Waals surface area contributed by atoms with Crippen molar-refractivity contribution in [1.29, 1.82) is 0 Å². The molecule has 3 nitrogen and oxygen atoms in total. The molecule has 16 heavy (non-hydrogen) atoms. The van der Waals surface area contributed by atoms with Crippen molar-refractivity contribution in [2.45, 2.75) is 6.42 Å². The van der Waals surface area contributed by atoms with Crippen LogP contribution in [0.1, 0.15) is 12.0 Å². The molecule has 0 atom stereocenters. The summed E-state index contributed by atoms with van der Waals surface area (Å²) in [6.07, 6.45) is 7.83. The fourth-order valence-electron chi connectivity index (χ4n) is 1.82. The van der Waals surface area contributed by atoms with E-state index in [0.717, 1.165) is 38.3 Å². The third kappa shape index (κ3) is 2.31. The third-order valence-corrected chi connectivity index (χ3v) is 2.69. The van der Waals surface area contributed by atoms with Crippen LogP contribution in [0, 0.1) is 18.3 Å². The molecule has 0 radical (unpaired) electrons. The maximum Gasteiger partial charge on any atom is 0.228 e. The number of aromatic nitrogens is 1. The van der Waals surface area contributed by atoms with Gasteiger partial charge in [-0.2, -0.15) is 4.39 Å². The average molecular weight is 219 g/mol. The summed E-state index contributed by atoms with van der Waals surface area (Å²) in [6.45, 7) is 3.80. The summed E-state index contributed by atoms with van der Waals surface area (Å²) < 4.78 is 13.1. The van der Waals surface area contributed by atoms with Crippen LogP contribution in [0.3, 0.4) is 0 Å². The van der Waals surface area contributed by atoms with E-state index in [1.54, 1.807) is 12.3 Å². The van der Waals surface area contributed by atoms with E-state index in [9.17, 15) is 4.39 Å². The molecule has 0 aliphatic carbocycles. The predicted octanol–water partition coefficient (Wildman–Crippen LogP) is 1.00. The van der Waals surface area contributed by atoms with Crippen molar-refractivity contribution in [3.63, 3.8) is 0 Å². The number of halogens is 1. The van der Waals surface area contributed by atoms with E-state index in [1.165, 1.54) is 0 Å². The Hall–Kier alpha value is -1.60. The zero-order chi connectivity index (χ0) is 11.4. The van der Waals surface area contributed by atoms with E-state index in [4.69, 9.17) is 6.42 Å². The Balaban J connectivity index is 2.22. The van der Waals surface area contributed by atoms with Crippen LogP contribution in [0.5, 0.6) is 0 Å². The number of pyridine rings is 1. The molecule has 1 fully saturated rings. The smallest absolute Gasteiger partial charge is 0.228 e. The normalized spacial score (nSPS) is 16.6. The van der Waals surface area contributed by atoms with Crippen molar-refractivity contribution >= 4 is 5.69 Å². The van der Waals surface area contributed by atoms with Gasteiger partial charge in [0.15, 0.2) is 0 Å². The van der Waals surface area contributed by atoms with Gasteiger partial charge in [-0.1, -0.05) is 5.92 Å². The fourth-order valence-corrected chi connectivity index (χ4v) is 1.82. The lowest BCUT2D eigenvalue weighted by Crippen LogP contribution is -2.28. The zero-order valence-corrected chi connectivity index (χ0v) is 9.04. The minimum Gasteiger partial charge on any atom is -0.369 e. The largest absolute Gasteiger partial charge is 0.369 e. The molecule has 0 saturated carbocycles. The number of rotatable bonds is 1. The molecular formula is C12H14FN3. The quantitative estimate of drug-likeness (QED) is 0.564. The lowest BCUT2D eigenvalue weighted by atomic mass is 10.2. The Morgan fingerprint density at radius 1 is 1.44 bits per heavy atom. The third-order valence-electron chi connectivity index (χ3n) is 2.69. The summed E-state index contributed by atoms with van der Waals surface area (Å²) in [6, 6.07) is 1.69. The van der Waals surface area contributed by atoms with Crippen LogP contribution in [-0.4, -0.2) is 31.2 Å². The molecule has 1 aliphatic heterocycles. The van der Waals surface area contributed by atoms with E-state index in [2.05, 4.69) is 21.1 Å². The van der Waals surface area contributed by atoms with Crippen molar-refractivity contribution < 1.29 is 4.39 Å². The van der Waals surface area contributed by atoms with Crippen LogP contribution in [0.2, 0.25) is 0 Å². The van der Waals surface area contributed by atoms with Gasteiger partial charge in [0.05, 0.1) is 17.4 Å². The molecule has 0 bridgehead atoms. The summed E-state index contributed by atoms with van der Waals surface area (Å²) in [5, 5.41) is 3.31. The minimum absolute atomic E-state index is 0.231. The van der Waals surface area contributed by atoms with Gasteiger partial charge in [0.1, 0.15) is 0 Å². The number of nitrogens with zero attached hydrogens (tertiary/aromatic N) is 2. The SMILES string of the molecule is C#Cc1cc(N2CCCNCC2)cnc1F. The Labute approximate surface area is 94.7 Å². The first-order valence-corrected chi connectivity index (χ1v) is 5.39. The van der Waals surface area contributed by atoms with Gasteiger partial charge >= 0.3 is 0 Å². The van der Waals surface area contributed by atoms with Crippen LogP contribution < -0.4 is 10.2 Å². The highest BCUT2D eigenvalue weighted by atomic mass is 19.1. The van der Waals surface area contributed by atoms with Crippen molar-refractivity contribution in [1.82, 2.24) is 10.3 Å². The standard InChI is InChI=1S/C12H14FN3/c1-2-10-8-11(9-15-12(10)13)16-6-3-4-14-5-7-16/h1,8-9,14H,3-7H2. The molecule has 0 aromatic carbocycles. The maximum atomic E-state index is 13.1. The molecule has 84 valence electrons. The van der Waals surface area contributed by atoms with Crippen molar-refractivity contribution in [3.05, 3.63) is 23.8 Å². The highest BCUT2D eigenvalue weighted by molar-refractivity contribution is 5.50. The molecule has 2 rings (SSSR count). The van der Waals surface area contributed by atoms with Crippen LogP contribution in [0.15, 0.2) is 12.3 Å². The van der Waals surface area contributed by atoms with Gasteiger partial charge in [-0.05, 0) is 19.0 Å². The minimum atomic E-state index is -0.570. The Kier molecular flexibility index (Phi) is 3.37. The second-order valence-electron chi connectivity index (χ2n) is 3.77. The Morgan fingerprint density at radius 2 is 2.31 bits per heavy atom. The monoisotopic (exact) mass is 219 g/mol. The topological polar surface area (TPSA) is 28.2 Å². The molecule has 0 spiro atoms. The highest BCUT2D eigenvalue weighted by Gasteiger charge is 2.11. The van der Waals surface area contributed by atoms with Crippen molar-refractivity contribution in [3.8, 4) is 12.3 Å². The van der Waals surface area contributed by atoms with Crippen LogP contribution in [0.25, 0.3) is 0 Å². The molecule has 1 aliphatic rings. The molecule has 1 N–H and O–H groups in total. The van der Waals surface area contributed by atoms with E-state index >= 15 is 0 Å². The average Bonchev–Trinajstić information content (AvgIpc) is 2.58. The number of terminal acetylenes is 1. The molecule has 1 saturated heterocycles. The van der Waals surface area contributed by atoms with Crippen molar-refractivity contribution in [2.24, 2.45) is 0 Å². The molecule has 4 heteroatoms. The first-order valence-electron chi connectivity index (χ1n) is 5.39. The molecule has 2 heterocycles. The highest BCUT2D eigenvalue weighted by Crippen LogP contribution is 2.16. The first kappa shape index (κ1) is 10.9. The molecule has 0 unspecified atom stereocenters. The summed E-state index contributed by atoms with van der Waals surface area (Å²) >= 11 is 0. The van der Waals surface area contributed by atoms with E-state index in [-0.39, 0.29) is 5.56 Å². The van der Waals surface area contributed by atoms with E-state index in [1.807, 2.05) is 0 Å². The van der Waals surface area contributed by atoms with Gasteiger partial charge in [-0.3, -0.25) is 0 Å². The number of anilines is 1. The van der Waals surface area contributed by atoms with Gasteiger partial charge < -0.3 is 10.2 Å². The number of hydrogen-bond acceptors (Lipinski definition) is 3. The van der Waals surface area contributed by atoms with Gasteiger partial charge in [-0.15, -0.1) is 6.42 Å². The van der Waals surface area contributed by atoms with Crippen LogP contribution in [-0.2, 0) is 0 Å². The lowest BCUT2D eigenvalue weighted by Gasteiger charge is -2.21. The predicted molar refractivity (Wildman–Crippen MR) is 61.8 cm³/mol. The summed E-state index contributed by atoms with van der Waals surface area (Å²) in [7, 11) is 0. The summed E-state index contributed by atoms with van der Waals surface area (Å²) in [4.78, 5) is 5.86. The molecule has 1 aromatic heterocycles. The van der Waals surface area contributed by atoms with Crippen molar-refractivity contribution in [2.75, 3.05) is 31.1 Å². The Morgan fingerprint density at radius 3 is 3.12 bits per heavy atom. The summed E-state index contributed by atoms with van der Waals surface area (Å²) in [5.74, 6) is 1.74. The maximum absolute atomic E-state index is 13.1. The molecule has 1 aromatic rings. The molecular weight excluding hydrogens is 205 g/mol. The van der Waals surface area contributed by atoms with Gasteiger partial charge in [-0.25, -0.2) is 4.98 Å². The fraction of sp³-hybridized carbons (Fsp3) is 0.417. The zero-order valence-electron chi connectivity index (χ0n) is 9.04. The molecule has 0 amide bonds. The van der Waals surface area contributed by atoms with Gasteiger partial charge in [0.25, 0.3) is 0 Å². The number of hydrogen-bond donors (Lipinski definition) is 1. The van der Waals surface area contributed by atoms with E-state index in [0.29, 0.717) is 0 Å². The van der Waals surface area contributed by atoms with E-state index < -0.39 is 5.95 Å². The lowest BCUT2D eigenvalue weighted by molar-refractivity contribution is 0.579.